The zero-order valence-electron chi connectivity index (χ0n) is 11.9. The van der Waals surface area contributed by atoms with Crippen LogP contribution < -0.4 is 5.56 Å². The summed E-state index contributed by atoms with van der Waals surface area (Å²) >= 11 is 0. The molecule has 0 atom stereocenters. The van der Waals surface area contributed by atoms with E-state index >= 15 is 0 Å². The Morgan fingerprint density at radius 2 is 1.78 bits per heavy atom. The van der Waals surface area contributed by atoms with E-state index in [4.69, 9.17) is 0 Å². The van der Waals surface area contributed by atoms with Crippen LogP contribution in [0.25, 0.3) is 0 Å². The average Bonchev–Trinajstić information content (AvgIpc) is 2.33. The van der Waals surface area contributed by atoms with Gasteiger partial charge in [-0.25, -0.2) is 0 Å². The number of likely N-dealkylation sites (tertiary alicyclic amines) is 1. The quantitative estimate of drug-likeness (QED) is 0.802. The summed E-state index contributed by atoms with van der Waals surface area (Å²) in [6, 6.07) is 4.19. The van der Waals surface area contributed by atoms with Crippen LogP contribution in [-0.2, 0) is 7.05 Å². The number of nitrogens with zero attached hydrogens (tertiary/aromatic N) is 2. The van der Waals surface area contributed by atoms with Crippen molar-refractivity contribution in [2.45, 2.75) is 38.5 Å². The summed E-state index contributed by atoms with van der Waals surface area (Å²) in [6.07, 6.45) is 2.32. The largest absolute Gasteiger partial charge is 0.315 e. The molecule has 0 aliphatic carbocycles. The van der Waals surface area contributed by atoms with Gasteiger partial charge in [0, 0.05) is 24.2 Å². The van der Waals surface area contributed by atoms with Gasteiger partial charge in [-0.3, -0.25) is 4.79 Å². The van der Waals surface area contributed by atoms with Gasteiger partial charge in [-0.15, -0.1) is 0 Å². The average molecular weight is 248 g/mol. The van der Waals surface area contributed by atoms with Gasteiger partial charge in [0.1, 0.15) is 0 Å². The number of aromatic nitrogens is 1. The van der Waals surface area contributed by atoms with E-state index in [2.05, 4.69) is 31.9 Å². The second-order valence-electron chi connectivity index (χ2n) is 5.81. The first-order valence-corrected chi connectivity index (χ1v) is 6.89. The van der Waals surface area contributed by atoms with Gasteiger partial charge in [-0.2, -0.15) is 0 Å². The lowest BCUT2D eigenvalue weighted by atomic mass is 9.92. The third-order valence-corrected chi connectivity index (χ3v) is 4.13. The van der Waals surface area contributed by atoms with Crippen molar-refractivity contribution in [3.8, 4) is 0 Å². The molecule has 1 aliphatic rings. The maximum Gasteiger partial charge on any atom is 0.253 e. The summed E-state index contributed by atoms with van der Waals surface area (Å²) in [5, 5.41) is 0. The number of hydrogen-bond acceptors (Lipinski definition) is 2. The van der Waals surface area contributed by atoms with Gasteiger partial charge in [0.25, 0.3) is 5.56 Å². The lowest BCUT2D eigenvalue weighted by molar-refractivity contribution is 0.251. The fourth-order valence-electron chi connectivity index (χ4n) is 2.82. The van der Waals surface area contributed by atoms with Crippen LogP contribution in [0, 0.1) is 0 Å². The van der Waals surface area contributed by atoms with Gasteiger partial charge in [0.05, 0.1) is 0 Å². The second-order valence-corrected chi connectivity index (χ2v) is 5.81. The summed E-state index contributed by atoms with van der Waals surface area (Å²) in [5.41, 5.74) is 2.31. The highest BCUT2D eigenvalue weighted by Gasteiger charge is 2.21. The minimum absolute atomic E-state index is 0.182. The molecule has 3 nitrogen and oxygen atoms in total. The molecule has 0 aromatic carbocycles. The number of pyridine rings is 1. The molecule has 1 saturated heterocycles. The van der Waals surface area contributed by atoms with Gasteiger partial charge in [-0.05, 0) is 45.0 Å². The minimum atomic E-state index is 0.182. The molecular formula is C15H24N2O. The van der Waals surface area contributed by atoms with Crippen molar-refractivity contribution in [1.29, 1.82) is 0 Å². The van der Waals surface area contributed by atoms with E-state index < -0.39 is 0 Å². The third kappa shape index (κ3) is 2.51. The number of rotatable bonds is 2. The smallest absolute Gasteiger partial charge is 0.253 e. The van der Waals surface area contributed by atoms with Crippen LogP contribution in [0.4, 0.5) is 0 Å². The predicted octanol–water partition coefficient (Wildman–Crippen LogP) is 2.32. The molecule has 1 aliphatic heterocycles. The van der Waals surface area contributed by atoms with Crippen LogP contribution in [0.3, 0.4) is 0 Å². The summed E-state index contributed by atoms with van der Waals surface area (Å²) < 4.78 is 1.87. The summed E-state index contributed by atoms with van der Waals surface area (Å²) in [5.74, 6) is 0.843. The van der Waals surface area contributed by atoms with E-state index in [9.17, 15) is 4.79 Å². The lowest BCUT2D eigenvalue weighted by Crippen LogP contribution is -2.32. The molecule has 0 bridgehead atoms. The Labute approximate surface area is 109 Å². The van der Waals surface area contributed by atoms with Crippen molar-refractivity contribution in [3.63, 3.8) is 0 Å². The SMILES string of the molecule is CC(C)c1ccc(C2CCN(C)CC2)n(C)c1=O. The van der Waals surface area contributed by atoms with Crippen LogP contribution in [0.1, 0.15) is 49.8 Å². The monoisotopic (exact) mass is 248 g/mol. The van der Waals surface area contributed by atoms with Crippen molar-refractivity contribution in [2.24, 2.45) is 7.05 Å². The highest BCUT2D eigenvalue weighted by atomic mass is 16.1. The summed E-state index contributed by atoms with van der Waals surface area (Å²) in [7, 11) is 4.08. The van der Waals surface area contributed by atoms with Gasteiger partial charge in [-0.1, -0.05) is 19.9 Å². The van der Waals surface area contributed by atoms with Gasteiger partial charge in [0.2, 0.25) is 0 Å². The predicted molar refractivity (Wildman–Crippen MR) is 75.2 cm³/mol. The molecule has 2 heterocycles. The highest BCUT2D eigenvalue weighted by molar-refractivity contribution is 5.21. The Bertz CT molecular complexity index is 468. The Hall–Kier alpha value is -1.09. The van der Waals surface area contributed by atoms with E-state index in [1.807, 2.05) is 17.7 Å². The third-order valence-electron chi connectivity index (χ3n) is 4.13. The molecule has 1 aromatic rings. The van der Waals surface area contributed by atoms with Gasteiger partial charge < -0.3 is 9.47 Å². The molecule has 100 valence electrons. The minimum Gasteiger partial charge on any atom is -0.315 e. The van der Waals surface area contributed by atoms with Crippen molar-refractivity contribution >= 4 is 0 Å². The van der Waals surface area contributed by atoms with Crippen LogP contribution in [-0.4, -0.2) is 29.6 Å². The first-order valence-electron chi connectivity index (χ1n) is 6.89. The van der Waals surface area contributed by atoms with Crippen LogP contribution in [0.5, 0.6) is 0 Å². The molecule has 0 N–H and O–H groups in total. The molecule has 0 spiro atoms. The van der Waals surface area contributed by atoms with Crippen LogP contribution in [0.15, 0.2) is 16.9 Å². The maximum atomic E-state index is 12.3. The number of hydrogen-bond donors (Lipinski definition) is 0. The highest BCUT2D eigenvalue weighted by Crippen LogP contribution is 2.26. The fraction of sp³-hybridized carbons (Fsp3) is 0.667. The van der Waals surface area contributed by atoms with Crippen molar-refractivity contribution in [3.05, 3.63) is 33.7 Å². The van der Waals surface area contributed by atoms with Crippen molar-refractivity contribution in [2.75, 3.05) is 20.1 Å². The Morgan fingerprint density at radius 1 is 1.17 bits per heavy atom. The van der Waals surface area contributed by atoms with Gasteiger partial charge >= 0.3 is 0 Å². The van der Waals surface area contributed by atoms with Crippen LogP contribution >= 0.6 is 0 Å². The normalized spacial score (nSPS) is 18.5. The molecule has 1 fully saturated rings. The molecule has 0 radical (unpaired) electrons. The maximum absolute atomic E-state index is 12.3. The number of piperidine rings is 1. The summed E-state index contributed by atoms with van der Waals surface area (Å²) in [6.45, 7) is 6.41. The molecule has 2 rings (SSSR count). The zero-order chi connectivity index (χ0) is 13.3. The topological polar surface area (TPSA) is 25.2 Å². The Balaban J connectivity index is 2.30. The standard InChI is InChI=1S/C15H24N2O/c1-11(2)13-5-6-14(17(4)15(13)18)12-7-9-16(3)10-8-12/h5-6,11-12H,7-10H2,1-4H3. The summed E-state index contributed by atoms with van der Waals surface area (Å²) in [4.78, 5) is 14.6. The second kappa shape index (κ2) is 5.27. The van der Waals surface area contributed by atoms with Crippen LogP contribution in [0.2, 0.25) is 0 Å². The molecule has 0 amide bonds. The lowest BCUT2D eigenvalue weighted by Gasteiger charge is -2.30. The fourth-order valence-corrected chi connectivity index (χ4v) is 2.82. The van der Waals surface area contributed by atoms with Crippen molar-refractivity contribution in [1.82, 2.24) is 9.47 Å². The van der Waals surface area contributed by atoms with E-state index in [-0.39, 0.29) is 5.56 Å². The van der Waals surface area contributed by atoms with E-state index in [1.165, 1.54) is 5.69 Å². The van der Waals surface area contributed by atoms with E-state index in [0.29, 0.717) is 11.8 Å². The molecule has 1 aromatic heterocycles. The molecule has 0 unspecified atom stereocenters. The van der Waals surface area contributed by atoms with Crippen molar-refractivity contribution < 1.29 is 0 Å². The first-order chi connectivity index (χ1) is 8.50. The molecular weight excluding hydrogens is 224 g/mol. The molecule has 3 heteroatoms. The Kier molecular flexibility index (Phi) is 3.91. The first kappa shape index (κ1) is 13.3. The van der Waals surface area contributed by atoms with E-state index in [1.54, 1.807) is 0 Å². The Morgan fingerprint density at radius 3 is 2.33 bits per heavy atom. The van der Waals surface area contributed by atoms with Gasteiger partial charge in [0.15, 0.2) is 0 Å². The van der Waals surface area contributed by atoms with E-state index in [0.717, 1.165) is 31.5 Å². The molecule has 0 saturated carbocycles. The molecule has 18 heavy (non-hydrogen) atoms. The zero-order valence-corrected chi connectivity index (χ0v) is 11.9.